The van der Waals surface area contributed by atoms with Gasteiger partial charge in [0.05, 0.1) is 11.3 Å². The van der Waals surface area contributed by atoms with Crippen molar-refractivity contribution in [1.29, 1.82) is 0 Å². The lowest BCUT2D eigenvalue weighted by molar-refractivity contribution is 0.0792. The van der Waals surface area contributed by atoms with E-state index in [0.717, 1.165) is 48.0 Å². The van der Waals surface area contributed by atoms with Crippen LogP contribution in [0.2, 0.25) is 0 Å². The minimum absolute atomic E-state index is 0.0867. The molecule has 1 saturated heterocycles. The molecule has 0 bridgehead atoms. The van der Waals surface area contributed by atoms with Crippen molar-refractivity contribution >= 4 is 16.7 Å². The Labute approximate surface area is 134 Å². The maximum Gasteiger partial charge on any atom is 0.255 e. The van der Waals surface area contributed by atoms with Crippen LogP contribution < -0.4 is 0 Å². The first-order valence-corrected chi connectivity index (χ1v) is 7.91. The van der Waals surface area contributed by atoms with Gasteiger partial charge in [-0.1, -0.05) is 18.2 Å². The van der Waals surface area contributed by atoms with Gasteiger partial charge in [0.2, 0.25) is 0 Å². The summed E-state index contributed by atoms with van der Waals surface area (Å²) in [6.45, 7) is 1.72. The van der Waals surface area contributed by atoms with Crippen LogP contribution in [0.15, 0.2) is 55.0 Å². The number of hydrogen-bond donors (Lipinski definition) is 0. The number of benzene rings is 1. The molecule has 4 rings (SSSR count). The van der Waals surface area contributed by atoms with Crippen molar-refractivity contribution in [3.8, 4) is 11.3 Å². The van der Waals surface area contributed by atoms with Crippen molar-refractivity contribution < 1.29 is 4.79 Å². The van der Waals surface area contributed by atoms with Gasteiger partial charge in [0, 0.05) is 42.6 Å². The first-order chi connectivity index (χ1) is 11.3. The number of fused-ring (bicyclic) bond motifs is 1. The summed E-state index contributed by atoms with van der Waals surface area (Å²) in [6.07, 6.45) is 7.53. The monoisotopic (exact) mass is 303 g/mol. The molecular weight excluding hydrogens is 286 g/mol. The zero-order chi connectivity index (χ0) is 15.6. The minimum atomic E-state index is 0.0867. The van der Waals surface area contributed by atoms with Crippen LogP contribution in [0.25, 0.3) is 22.0 Å². The lowest BCUT2D eigenvalue weighted by Crippen LogP contribution is -2.27. The maximum atomic E-state index is 12.4. The van der Waals surface area contributed by atoms with Crippen LogP contribution in [0.5, 0.6) is 0 Å². The van der Waals surface area contributed by atoms with E-state index in [9.17, 15) is 4.79 Å². The summed E-state index contributed by atoms with van der Waals surface area (Å²) in [6, 6.07) is 11.9. The van der Waals surface area contributed by atoms with Crippen LogP contribution >= 0.6 is 0 Å². The second-order valence-electron chi connectivity index (χ2n) is 5.83. The molecule has 2 aromatic heterocycles. The number of likely N-dealkylation sites (tertiary alicyclic amines) is 1. The topological polar surface area (TPSA) is 46.1 Å². The third-order valence-corrected chi connectivity index (χ3v) is 4.36. The fraction of sp³-hybridized carbons (Fsp3) is 0.211. The van der Waals surface area contributed by atoms with Gasteiger partial charge in [-0.3, -0.25) is 14.8 Å². The molecule has 3 heterocycles. The van der Waals surface area contributed by atoms with Crippen molar-refractivity contribution in [2.75, 3.05) is 13.1 Å². The molecule has 1 fully saturated rings. The fourth-order valence-corrected chi connectivity index (χ4v) is 3.13. The quantitative estimate of drug-likeness (QED) is 0.727. The summed E-state index contributed by atoms with van der Waals surface area (Å²) in [5.41, 5.74) is 2.60. The predicted octanol–water partition coefficient (Wildman–Crippen LogP) is 3.53. The SMILES string of the molecule is O=C(c1ccc(-c2cccc3cnccc23)nc1)N1CCCC1. The molecule has 4 heteroatoms. The Kier molecular flexibility index (Phi) is 3.50. The van der Waals surface area contributed by atoms with E-state index < -0.39 is 0 Å². The summed E-state index contributed by atoms with van der Waals surface area (Å²) < 4.78 is 0. The summed E-state index contributed by atoms with van der Waals surface area (Å²) >= 11 is 0. The van der Waals surface area contributed by atoms with Crippen molar-refractivity contribution in [2.45, 2.75) is 12.8 Å². The molecule has 0 aliphatic carbocycles. The van der Waals surface area contributed by atoms with Crippen molar-refractivity contribution in [2.24, 2.45) is 0 Å². The molecule has 114 valence electrons. The summed E-state index contributed by atoms with van der Waals surface area (Å²) in [5, 5.41) is 2.21. The van der Waals surface area contributed by atoms with Gasteiger partial charge < -0.3 is 4.90 Å². The Bertz CT molecular complexity index is 847. The molecule has 0 spiro atoms. The van der Waals surface area contributed by atoms with E-state index in [1.54, 1.807) is 12.4 Å². The van der Waals surface area contributed by atoms with Crippen molar-refractivity contribution in [3.63, 3.8) is 0 Å². The van der Waals surface area contributed by atoms with Gasteiger partial charge in [-0.2, -0.15) is 0 Å². The van der Waals surface area contributed by atoms with E-state index in [1.165, 1.54) is 0 Å². The molecule has 1 aliphatic rings. The average molecular weight is 303 g/mol. The van der Waals surface area contributed by atoms with E-state index in [4.69, 9.17) is 0 Å². The van der Waals surface area contributed by atoms with Gasteiger partial charge in [0.25, 0.3) is 5.91 Å². The molecule has 23 heavy (non-hydrogen) atoms. The minimum Gasteiger partial charge on any atom is -0.339 e. The van der Waals surface area contributed by atoms with E-state index in [0.29, 0.717) is 5.56 Å². The summed E-state index contributed by atoms with van der Waals surface area (Å²) in [7, 11) is 0. The molecule has 1 aromatic carbocycles. The standard InChI is InChI=1S/C19H17N3O/c23-19(22-10-1-2-11-22)15-6-7-18(21-13-15)17-5-3-4-14-12-20-9-8-16(14)17/h3-9,12-13H,1-2,10-11H2. The lowest BCUT2D eigenvalue weighted by atomic mass is 10.0. The van der Waals surface area contributed by atoms with Crippen LogP contribution in [-0.4, -0.2) is 33.9 Å². The number of carbonyl (C=O) groups excluding carboxylic acids is 1. The van der Waals surface area contributed by atoms with Crippen LogP contribution in [-0.2, 0) is 0 Å². The molecular formula is C19H17N3O. The van der Waals surface area contributed by atoms with Gasteiger partial charge in [-0.05, 0) is 36.4 Å². The first-order valence-electron chi connectivity index (χ1n) is 7.91. The molecule has 3 aromatic rings. The van der Waals surface area contributed by atoms with Crippen LogP contribution in [0.4, 0.5) is 0 Å². The number of amides is 1. The number of hydrogen-bond acceptors (Lipinski definition) is 3. The molecule has 0 atom stereocenters. The summed E-state index contributed by atoms with van der Waals surface area (Å²) in [5.74, 6) is 0.0867. The molecule has 1 amide bonds. The Hall–Kier alpha value is -2.75. The highest BCUT2D eigenvalue weighted by Crippen LogP contribution is 2.26. The smallest absolute Gasteiger partial charge is 0.255 e. The van der Waals surface area contributed by atoms with E-state index >= 15 is 0 Å². The largest absolute Gasteiger partial charge is 0.339 e. The van der Waals surface area contributed by atoms with Crippen LogP contribution in [0, 0.1) is 0 Å². The number of carbonyl (C=O) groups is 1. The number of pyridine rings is 2. The molecule has 0 N–H and O–H groups in total. The van der Waals surface area contributed by atoms with Crippen molar-refractivity contribution in [1.82, 2.24) is 14.9 Å². The van der Waals surface area contributed by atoms with E-state index in [2.05, 4.69) is 9.97 Å². The molecule has 4 nitrogen and oxygen atoms in total. The average Bonchev–Trinajstić information content (AvgIpc) is 3.15. The van der Waals surface area contributed by atoms with Gasteiger partial charge >= 0.3 is 0 Å². The Morgan fingerprint density at radius 3 is 2.65 bits per heavy atom. The second-order valence-corrected chi connectivity index (χ2v) is 5.83. The van der Waals surface area contributed by atoms with Gasteiger partial charge in [0.1, 0.15) is 0 Å². The Morgan fingerprint density at radius 2 is 1.87 bits per heavy atom. The maximum absolute atomic E-state index is 12.4. The second kappa shape index (κ2) is 5.80. The fourth-order valence-electron chi connectivity index (χ4n) is 3.13. The van der Waals surface area contributed by atoms with Gasteiger partial charge in [-0.25, -0.2) is 0 Å². The van der Waals surface area contributed by atoms with Gasteiger partial charge in [-0.15, -0.1) is 0 Å². The predicted molar refractivity (Wildman–Crippen MR) is 90.1 cm³/mol. The Balaban J connectivity index is 1.68. The number of rotatable bonds is 2. The lowest BCUT2D eigenvalue weighted by Gasteiger charge is -2.15. The molecule has 0 saturated carbocycles. The highest BCUT2D eigenvalue weighted by molar-refractivity contribution is 5.97. The number of nitrogens with zero attached hydrogens (tertiary/aromatic N) is 3. The Morgan fingerprint density at radius 1 is 1.00 bits per heavy atom. The highest BCUT2D eigenvalue weighted by Gasteiger charge is 2.19. The normalized spacial score (nSPS) is 14.3. The third kappa shape index (κ3) is 2.57. The molecule has 0 radical (unpaired) electrons. The first kappa shape index (κ1) is 13.9. The van der Waals surface area contributed by atoms with Crippen LogP contribution in [0.1, 0.15) is 23.2 Å². The van der Waals surface area contributed by atoms with Gasteiger partial charge in [0.15, 0.2) is 0 Å². The zero-order valence-electron chi connectivity index (χ0n) is 12.8. The van der Waals surface area contributed by atoms with Crippen LogP contribution in [0.3, 0.4) is 0 Å². The van der Waals surface area contributed by atoms with Crippen molar-refractivity contribution in [3.05, 3.63) is 60.6 Å². The highest BCUT2D eigenvalue weighted by atomic mass is 16.2. The van der Waals surface area contributed by atoms with E-state index in [-0.39, 0.29) is 5.91 Å². The molecule has 0 unspecified atom stereocenters. The number of aromatic nitrogens is 2. The third-order valence-electron chi connectivity index (χ3n) is 4.36. The molecule has 1 aliphatic heterocycles. The zero-order valence-corrected chi connectivity index (χ0v) is 12.8. The van der Waals surface area contributed by atoms with E-state index in [1.807, 2.05) is 47.5 Å². The summed E-state index contributed by atoms with van der Waals surface area (Å²) in [4.78, 5) is 23.0.